The van der Waals surface area contributed by atoms with E-state index in [1.807, 2.05) is 25.1 Å². The van der Waals surface area contributed by atoms with Crippen LogP contribution in [0.15, 0.2) is 57.9 Å². The number of aliphatic hydroxyl groups excluding tert-OH is 1. The molecule has 0 bridgehead atoms. The monoisotopic (exact) mass is 504 g/mol. The van der Waals surface area contributed by atoms with E-state index in [2.05, 4.69) is 17.0 Å². The Bertz CT molecular complexity index is 1200. The normalized spacial score (nSPS) is 29.2. The summed E-state index contributed by atoms with van der Waals surface area (Å²) < 4.78 is 11.6. The van der Waals surface area contributed by atoms with Crippen molar-refractivity contribution >= 4 is 18.9 Å². The molecule has 9 heteroatoms. The summed E-state index contributed by atoms with van der Waals surface area (Å²) in [5, 5.41) is 20.3. The summed E-state index contributed by atoms with van der Waals surface area (Å²) in [7, 11) is -1.15. The first-order valence-corrected chi connectivity index (χ1v) is 13.3. The number of likely N-dealkylation sites (tertiary alicyclic amines) is 2. The Hall–Kier alpha value is -2.72. The van der Waals surface area contributed by atoms with Crippen molar-refractivity contribution in [2.45, 2.75) is 57.9 Å². The Balaban J connectivity index is 1.19. The molecule has 1 aliphatic carbocycles. The largest absolute Gasteiger partial charge is 0.487 e. The molecule has 4 heterocycles. The number of benzene rings is 1. The van der Waals surface area contributed by atoms with Gasteiger partial charge in [0.25, 0.3) is 0 Å². The van der Waals surface area contributed by atoms with Gasteiger partial charge in [-0.1, -0.05) is 35.9 Å². The number of fused-ring (bicyclic) bond motifs is 3. The zero-order valence-corrected chi connectivity index (χ0v) is 21.1. The standard InChI is InChI=1S/C28H33BN2O6/c1-17-13-22-25(21-14-24(37-29(35)26(17)21)23-8-7-20(16-32)36-23)28(34)31(27(22)33)19-9-11-30(12-10-19)15-18-5-3-2-4-6-18/h2-8,19,21-22,24-25,32,35H,9-16H2,1H3/t21-,22-,24-,25+/m0/s1. The molecule has 1 aromatic heterocycles. The quantitative estimate of drug-likeness (QED) is 0.477. The third-order valence-corrected chi connectivity index (χ3v) is 8.72. The van der Waals surface area contributed by atoms with E-state index >= 15 is 0 Å². The summed E-state index contributed by atoms with van der Waals surface area (Å²) in [4.78, 5) is 31.5. The van der Waals surface area contributed by atoms with Gasteiger partial charge in [0.05, 0.1) is 11.8 Å². The van der Waals surface area contributed by atoms with E-state index in [1.54, 1.807) is 17.0 Å². The summed E-state index contributed by atoms with van der Waals surface area (Å²) >= 11 is 0. The number of imide groups is 1. The van der Waals surface area contributed by atoms with Crippen LogP contribution in [0.5, 0.6) is 0 Å². The van der Waals surface area contributed by atoms with Crippen LogP contribution in [0.4, 0.5) is 0 Å². The molecular weight excluding hydrogens is 471 g/mol. The fourth-order valence-electron chi connectivity index (χ4n) is 6.95. The maximum Gasteiger partial charge on any atom is 0.487 e. The zero-order chi connectivity index (χ0) is 25.7. The number of nitrogens with zero attached hydrogens (tertiary/aromatic N) is 2. The van der Waals surface area contributed by atoms with E-state index in [1.165, 1.54) is 5.56 Å². The van der Waals surface area contributed by atoms with Gasteiger partial charge in [0, 0.05) is 25.7 Å². The van der Waals surface area contributed by atoms with Crippen molar-refractivity contribution in [3.05, 3.63) is 70.6 Å². The van der Waals surface area contributed by atoms with E-state index in [0.29, 0.717) is 24.4 Å². The molecule has 2 aromatic rings. The summed E-state index contributed by atoms with van der Waals surface area (Å²) in [5.41, 5.74) is 2.95. The molecule has 8 nitrogen and oxygen atoms in total. The summed E-state index contributed by atoms with van der Waals surface area (Å²) in [6.07, 6.45) is 1.93. The van der Waals surface area contributed by atoms with Gasteiger partial charge in [0.15, 0.2) is 0 Å². The highest BCUT2D eigenvalue weighted by Crippen LogP contribution is 2.52. The number of carbonyl (C=O) groups is 2. The van der Waals surface area contributed by atoms with Crippen molar-refractivity contribution in [2.75, 3.05) is 13.1 Å². The minimum atomic E-state index is -1.15. The highest BCUT2D eigenvalue weighted by Gasteiger charge is 2.58. The molecule has 3 fully saturated rings. The van der Waals surface area contributed by atoms with Crippen LogP contribution in [-0.4, -0.2) is 58.0 Å². The van der Waals surface area contributed by atoms with Crippen molar-refractivity contribution < 1.29 is 28.8 Å². The van der Waals surface area contributed by atoms with Crippen LogP contribution in [0.25, 0.3) is 0 Å². The Morgan fingerprint density at radius 3 is 2.49 bits per heavy atom. The average Bonchev–Trinajstić information content (AvgIpc) is 3.48. The van der Waals surface area contributed by atoms with Crippen molar-refractivity contribution in [2.24, 2.45) is 17.8 Å². The third kappa shape index (κ3) is 4.38. The number of piperidine rings is 1. The van der Waals surface area contributed by atoms with Crippen LogP contribution in [0.2, 0.25) is 0 Å². The zero-order valence-electron chi connectivity index (χ0n) is 21.1. The number of carbonyl (C=O) groups excluding carboxylic acids is 2. The smallest absolute Gasteiger partial charge is 0.461 e. The van der Waals surface area contributed by atoms with Gasteiger partial charge in [-0.05, 0) is 61.7 Å². The minimum absolute atomic E-state index is 0.0620. The molecule has 194 valence electrons. The lowest BCUT2D eigenvalue weighted by Crippen LogP contribution is -2.48. The molecule has 3 aliphatic heterocycles. The van der Waals surface area contributed by atoms with Crippen molar-refractivity contribution in [3.8, 4) is 0 Å². The molecule has 0 radical (unpaired) electrons. The number of furan rings is 1. The summed E-state index contributed by atoms with van der Waals surface area (Å²) in [5.74, 6) is -0.385. The SMILES string of the molecule is CC1=C2B(O)O[C@H](c3ccc(CO)o3)C[C@H]2[C@H]2C(=O)N(C3CCN(Cc4ccccc4)CC3)C(=O)[C@H]2C1. The van der Waals surface area contributed by atoms with Crippen LogP contribution < -0.4 is 0 Å². The fraction of sp³-hybridized carbons (Fsp3) is 0.500. The van der Waals surface area contributed by atoms with Crippen molar-refractivity contribution in [1.82, 2.24) is 9.80 Å². The van der Waals surface area contributed by atoms with Crippen LogP contribution >= 0.6 is 0 Å². The number of amides is 2. The maximum absolute atomic E-state index is 13.9. The molecule has 0 unspecified atom stereocenters. The van der Waals surface area contributed by atoms with Gasteiger partial charge in [0.1, 0.15) is 24.2 Å². The predicted octanol–water partition coefficient (Wildman–Crippen LogP) is 2.86. The van der Waals surface area contributed by atoms with Gasteiger partial charge in [-0.2, -0.15) is 0 Å². The number of aliphatic hydroxyl groups is 1. The molecule has 2 N–H and O–H groups in total. The predicted molar refractivity (Wildman–Crippen MR) is 135 cm³/mol. The first-order chi connectivity index (χ1) is 17.9. The topological polar surface area (TPSA) is 103 Å². The van der Waals surface area contributed by atoms with Crippen LogP contribution in [0, 0.1) is 17.8 Å². The molecule has 3 saturated heterocycles. The van der Waals surface area contributed by atoms with E-state index in [9.17, 15) is 19.7 Å². The summed E-state index contributed by atoms with van der Waals surface area (Å²) in [6, 6.07) is 13.7. The van der Waals surface area contributed by atoms with Gasteiger partial charge in [-0.25, -0.2) is 0 Å². The van der Waals surface area contributed by atoms with Crippen LogP contribution in [-0.2, 0) is 27.4 Å². The van der Waals surface area contributed by atoms with Crippen LogP contribution in [0.1, 0.15) is 55.8 Å². The molecule has 0 spiro atoms. The molecule has 2 amide bonds. The van der Waals surface area contributed by atoms with E-state index in [0.717, 1.165) is 43.5 Å². The van der Waals surface area contributed by atoms with Gasteiger partial charge in [-0.15, -0.1) is 0 Å². The number of rotatable bonds is 5. The van der Waals surface area contributed by atoms with Gasteiger partial charge < -0.3 is 19.2 Å². The second kappa shape index (κ2) is 9.87. The van der Waals surface area contributed by atoms with Crippen molar-refractivity contribution in [3.63, 3.8) is 0 Å². The second-order valence-corrected chi connectivity index (χ2v) is 10.9. The molecule has 4 aliphatic rings. The van der Waals surface area contributed by atoms with E-state index in [-0.39, 0.29) is 36.3 Å². The molecule has 6 rings (SSSR count). The van der Waals surface area contributed by atoms with Gasteiger partial charge in [-0.3, -0.25) is 19.4 Å². The first-order valence-electron chi connectivity index (χ1n) is 13.3. The number of hydrogen-bond donors (Lipinski definition) is 2. The lowest BCUT2D eigenvalue weighted by Gasteiger charge is -2.41. The van der Waals surface area contributed by atoms with E-state index in [4.69, 9.17) is 9.07 Å². The Morgan fingerprint density at radius 2 is 1.78 bits per heavy atom. The second-order valence-electron chi connectivity index (χ2n) is 10.9. The highest BCUT2D eigenvalue weighted by molar-refractivity contribution is 6.53. The molecule has 0 saturated carbocycles. The highest BCUT2D eigenvalue weighted by atomic mass is 16.5. The lowest BCUT2D eigenvalue weighted by molar-refractivity contribution is -0.144. The number of allylic oxidation sites excluding steroid dienone is 2. The van der Waals surface area contributed by atoms with E-state index < -0.39 is 19.1 Å². The van der Waals surface area contributed by atoms with Gasteiger partial charge in [0.2, 0.25) is 11.8 Å². The Morgan fingerprint density at radius 1 is 1.03 bits per heavy atom. The molecule has 37 heavy (non-hydrogen) atoms. The Labute approximate surface area is 217 Å². The van der Waals surface area contributed by atoms with Gasteiger partial charge >= 0.3 is 7.12 Å². The third-order valence-electron chi connectivity index (χ3n) is 8.72. The van der Waals surface area contributed by atoms with Crippen molar-refractivity contribution in [1.29, 1.82) is 0 Å². The lowest BCUT2D eigenvalue weighted by atomic mass is 9.55. The fourth-order valence-corrected chi connectivity index (χ4v) is 6.95. The first kappa shape index (κ1) is 24.6. The Kier molecular flexibility index (Phi) is 6.57. The number of hydrogen-bond acceptors (Lipinski definition) is 7. The van der Waals surface area contributed by atoms with Crippen LogP contribution in [0.3, 0.4) is 0 Å². The molecule has 4 atom stereocenters. The molecular formula is C28H33BN2O6. The molecule has 1 aromatic carbocycles. The average molecular weight is 504 g/mol. The maximum atomic E-state index is 13.9. The minimum Gasteiger partial charge on any atom is -0.461 e. The summed E-state index contributed by atoms with van der Waals surface area (Å²) in [6.45, 7) is 4.28.